The minimum Gasteiger partial charge on any atom is -0.472 e. The molecule has 5 nitrogen and oxygen atoms in total. The van der Waals surface area contributed by atoms with Crippen LogP contribution >= 0.6 is 0 Å². The molecule has 0 radical (unpaired) electrons. The number of nitrogens with zero attached hydrogens (tertiary/aromatic N) is 2. The van der Waals surface area contributed by atoms with E-state index in [4.69, 9.17) is 4.42 Å². The Morgan fingerprint density at radius 3 is 2.41 bits per heavy atom. The van der Waals surface area contributed by atoms with Gasteiger partial charge >= 0.3 is 0 Å². The first-order valence-electron chi connectivity index (χ1n) is 9.33. The molecule has 1 N–H and O–H groups in total. The maximum atomic E-state index is 12.5. The van der Waals surface area contributed by atoms with E-state index >= 15 is 0 Å². The SMILES string of the molecule is O=C(c1ccoc1)N1CCC(NC(c2ccccc2)c2ccncc2)CC1. The van der Waals surface area contributed by atoms with Crippen molar-refractivity contribution >= 4 is 5.91 Å². The highest BCUT2D eigenvalue weighted by Crippen LogP contribution is 2.24. The molecule has 1 aliphatic rings. The molecule has 0 saturated carbocycles. The zero-order valence-corrected chi connectivity index (χ0v) is 15.1. The van der Waals surface area contributed by atoms with E-state index in [-0.39, 0.29) is 11.9 Å². The number of hydrogen-bond acceptors (Lipinski definition) is 4. The fraction of sp³-hybridized carbons (Fsp3) is 0.273. The second-order valence-corrected chi connectivity index (χ2v) is 6.87. The first-order chi connectivity index (χ1) is 13.3. The molecule has 3 aromatic rings. The van der Waals surface area contributed by atoms with Gasteiger partial charge in [-0.25, -0.2) is 0 Å². The molecule has 1 aliphatic heterocycles. The van der Waals surface area contributed by atoms with Crippen molar-refractivity contribution in [2.75, 3.05) is 13.1 Å². The summed E-state index contributed by atoms with van der Waals surface area (Å²) < 4.78 is 5.03. The molecule has 0 aliphatic carbocycles. The van der Waals surface area contributed by atoms with Gasteiger partial charge in [0.25, 0.3) is 5.91 Å². The van der Waals surface area contributed by atoms with E-state index in [1.54, 1.807) is 12.3 Å². The van der Waals surface area contributed by atoms with Gasteiger partial charge in [0.05, 0.1) is 17.9 Å². The van der Waals surface area contributed by atoms with Crippen LogP contribution in [0.15, 0.2) is 77.9 Å². The maximum Gasteiger partial charge on any atom is 0.257 e. The molecule has 0 spiro atoms. The molecular weight excluding hydrogens is 338 g/mol. The molecule has 1 atom stereocenters. The van der Waals surface area contributed by atoms with Crippen LogP contribution in [0.25, 0.3) is 0 Å². The second-order valence-electron chi connectivity index (χ2n) is 6.87. The number of carbonyl (C=O) groups excluding carboxylic acids is 1. The first kappa shape index (κ1) is 17.5. The number of likely N-dealkylation sites (tertiary alicyclic amines) is 1. The van der Waals surface area contributed by atoms with Crippen molar-refractivity contribution in [3.8, 4) is 0 Å². The zero-order valence-electron chi connectivity index (χ0n) is 15.1. The third kappa shape index (κ3) is 4.09. The Morgan fingerprint density at radius 2 is 1.74 bits per heavy atom. The number of piperidine rings is 1. The standard InChI is InChI=1S/C22H23N3O2/c26-22(19-10-15-27-16-19)25-13-8-20(9-14-25)24-21(17-4-2-1-3-5-17)18-6-11-23-12-7-18/h1-7,10-12,15-16,20-21,24H,8-9,13-14H2. The Kier molecular flexibility index (Phi) is 5.30. The monoisotopic (exact) mass is 361 g/mol. The van der Waals surface area contributed by atoms with Gasteiger partial charge in [-0.2, -0.15) is 0 Å². The van der Waals surface area contributed by atoms with Crippen LogP contribution in [0.1, 0.15) is 40.4 Å². The van der Waals surface area contributed by atoms with Gasteiger partial charge in [-0.05, 0) is 42.2 Å². The summed E-state index contributed by atoms with van der Waals surface area (Å²) in [7, 11) is 0. The predicted octanol–water partition coefficient (Wildman–Crippen LogP) is 3.66. The van der Waals surface area contributed by atoms with E-state index in [2.05, 4.69) is 46.7 Å². The van der Waals surface area contributed by atoms with Crippen LogP contribution in [0, 0.1) is 0 Å². The lowest BCUT2D eigenvalue weighted by atomic mass is 9.96. The molecule has 3 heterocycles. The Morgan fingerprint density at radius 1 is 1.04 bits per heavy atom. The number of nitrogens with one attached hydrogen (secondary N) is 1. The van der Waals surface area contributed by atoms with Crippen LogP contribution in [0.3, 0.4) is 0 Å². The summed E-state index contributed by atoms with van der Waals surface area (Å²) in [6.45, 7) is 1.50. The Bertz CT molecular complexity index is 802. The van der Waals surface area contributed by atoms with Gasteiger partial charge in [-0.3, -0.25) is 9.78 Å². The average Bonchev–Trinajstić information content (AvgIpc) is 3.28. The van der Waals surface area contributed by atoms with Crippen molar-refractivity contribution in [3.05, 3.63) is 90.1 Å². The number of benzene rings is 1. The van der Waals surface area contributed by atoms with Crippen molar-refractivity contribution in [1.82, 2.24) is 15.2 Å². The van der Waals surface area contributed by atoms with Crippen LogP contribution in [0.4, 0.5) is 0 Å². The largest absolute Gasteiger partial charge is 0.472 e. The minimum atomic E-state index is 0.0518. The van der Waals surface area contributed by atoms with E-state index in [1.807, 2.05) is 23.4 Å². The minimum absolute atomic E-state index is 0.0518. The van der Waals surface area contributed by atoms with Crippen LogP contribution in [0.5, 0.6) is 0 Å². The fourth-order valence-electron chi connectivity index (χ4n) is 3.64. The Labute approximate surface area is 159 Å². The third-order valence-electron chi connectivity index (χ3n) is 5.13. The van der Waals surface area contributed by atoms with Gasteiger partial charge in [0, 0.05) is 31.5 Å². The van der Waals surface area contributed by atoms with Crippen LogP contribution in [0.2, 0.25) is 0 Å². The van der Waals surface area contributed by atoms with E-state index in [1.165, 1.54) is 17.4 Å². The summed E-state index contributed by atoms with van der Waals surface area (Å²) in [4.78, 5) is 18.5. The van der Waals surface area contributed by atoms with Gasteiger partial charge in [0.15, 0.2) is 0 Å². The Hall–Kier alpha value is -2.92. The topological polar surface area (TPSA) is 58.4 Å². The molecule has 5 heteroatoms. The van der Waals surface area contributed by atoms with Crippen LogP contribution in [-0.4, -0.2) is 34.9 Å². The van der Waals surface area contributed by atoms with Gasteiger partial charge in [-0.1, -0.05) is 30.3 Å². The summed E-state index contributed by atoms with van der Waals surface area (Å²) in [6, 6.07) is 16.8. The van der Waals surface area contributed by atoms with Crippen molar-refractivity contribution in [2.24, 2.45) is 0 Å². The molecule has 0 bridgehead atoms. The van der Waals surface area contributed by atoms with Gasteiger partial charge in [-0.15, -0.1) is 0 Å². The van der Waals surface area contributed by atoms with Crippen molar-refractivity contribution in [3.63, 3.8) is 0 Å². The Balaban J connectivity index is 1.43. The average molecular weight is 361 g/mol. The lowest BCUT2D eigenvalue weighted by Crippen LogP contribution is -2.46. The quantitative estimate of drug-likeness (QED) is 0.753. The number of rotatable bonds is 5. The van der Waals surface area contributed by atoms with Gasteiger partial charge < -0.3 is 14.6 Å². The normalized spacial score (nSPS) is 16.2. The number of amides is 1. The van der Waals surface area contributed by atoms with E-state index in [9.17, 15) is 4.79 Å². The molecule has 27 heavy (non-hydrogen) atoms. The van der Waals surface area contributed by atoms with Gasteiger partial charge in [0.2, 0.25) is 0 Å². The molecule has 1 fully saturated rings. The summed E-state index contributed by atoms with van der Waals surface area (Å²) >= 11 is 0. The highest BCUT2D eigenvalue weighted by atomic mass is 16.3. The van der Waals surface area contributed by atoms with Crippen molar-refractivity contribution in [1.29, 1.82) is 0 Å². The van der Waals surface area contributed by atoms with E-state index in [0.29, 0.717) is 11.6 Å². The van der Waals surface area contributed by atoms with Crippen molar-refractivity contribution < 1.29 is 9.21 Å². The summed E-state index contributed by atoms with van der Waals surface area (Å²) in [5.74, 6) is 0.0518. The fourth-order valence-corrected chi connectivity index (χ4v) is 3.64. The third-order valence-corrected chi connectivity index (χ3v) is 5.13. The maximum absolute atomic E-state index is 12.5. The number of furan rings is 1. The predicted molar refractivity (Wildman–Crippen MR) is 103 cm³/mol. The first-order valence-corrected chi connectivity index (χ1v) is 9.33. The highest BCUT2D eigenvalue weighted by molar-refractivity contribution is 5.93. The molecule has 138 valence electrons. The molecule has 2 aromatic heterocycles. The van der Waals surface area contributed by atoms with Gasteiger partial charge in [0.1, 0.15) is 6.26 Å². The lowest BCUT2D eigenvalue weighted by Gasteiger charge is -2.34. The number of pyridine rings is 1. The summed E-state index contributed by atoms with van der Waals surface area (Å²) in [6.07, 6.45) is 8.58. The van der Waals surface area contributed by atoms with E-state index < -0.39 is 0 Å². The van der Waals surface area contributed by atoms with Crippen LogP contribution in [-0.2, 0) is 0 Å². The lowest BCUT2D eigenvalue weighted by molar-refractivity contribution is 0.0702. The molecule has 1 aromatic carbocycles. The number of aromatic nitrogens is 1. The zero-order chi connectivity index (χ0) is 18.5. The highest BCUT2D eigenvalue weighted by Gasteiger charge is 2.26. The van der Waals surface area contributed by atoms with Crippen LogP contribution < -0.4 is 5.32 Å². The molecule has 1 amide bonds. The van der Waals surface area contributed by atoms with E-state index in [0.717, 1.165) is 25.9 Å². The molecule has 1 unspecified atom stereocenters. The summed E-state index contributed by atoms with van der Waals surface area (Å²) in [5, 5.41) is 3.80. The summed E-state index contributed by atoms with van der Waals surface area (Å²) in [5.41, 5.74) is 3.06. The number of hydrogen-bond donors (Lipinski definition) is 1. The second kappa shape index (κ2) is 8.18. The molecular formula is C22H23N3O2. The molecule has 1 saturated heterocycles. The smallest absolute Gasteiger partial charge is 0.257 e. The van der Waals surface area contributed by atoms with Crippen molar-refractivity contribution in [2.45, 2.75) is 24.9 Å². The number of carbonyl (C=O) groups is 1. The molecule has 4 rings (SSSR count).